The summed E-state index contributed by atoms with van der Waals surface area (Å²) in [6.45, 7) is 1.97. The van der Waals surface area contributed by atoms with E-state index in [1.807, 2.05) is 79.7 Å². The van der Waals surface area contributed by atoms with Crippen LogP contribution >= 0.6 is 0 Å². The van der Waals surface area contributed by atoms with Crippen LogP contribution in [-0.2, 0) is 15.0 Å². The Morgan fingerprint density at radius 3 is 2.20 bits per heavy atom. The van der Waals surface area contributed by atoms with E-state index in [1.165, 1.54) is 4.90 Å². The number of carbonyl (C=O) groups excluding carboxylic acids is 3. The molecule has 3 amide bonds. The molecule has 1 heterocycles. The number of hydrazone groups is 1. The van der Waals surface area contributed by atoms with Crippen LogP contribution in [0.5, 0.6) is 5.75 Å². The maximum atomic E-state index is 14.4. The summed E-state index contributed by atoms with van der Waals surface area (Å²) < 4.78 is 5.25. The standard InChI is InChI=1S/C34H27N3O4/c1-20-14-16-22(17-15-20)37-32(39)29-28-24-10-3-5-12-26(24)34(30(29)33(37)40,27-13-6-4-11-25(27)28)19-35-36-31(38)21-8-7-9-23(18-21)41-2/h3-19,28-30H,1-2H3,(H,36,38). The van der Waals surface area contributed by atoms with Crippen LogP contribution in [0.1, 0.15) is 44.1 Å². The van der Waals surface area contributed by atoms with Crippen LogP contribution in [0.25, 0.3) is 0 Å². The molecule has 202 valence electrons. The number of nitrogens with one attached hydrogen (secondary N) is 1. The van der Waals surface area contributed by atoms with Gasteiger partial charge in [0, 0.05) is 17.7 Å². The molecule has 2 unspecified atom stereocenters. The average molecular weight is 542 g/mol. The van der Waals surface area contributed by atoms with E-state index in [2.05, 4.69) is 10.5 Å². The highest BCUT2D eigenvalue weighted by molar-refractivity contribution is 6.25. The van der Waals surface area contributed by atoms with Gasteiger partial charge in [0.1, 0.15) is 5.75 Å². The second-order valence-electron chi connectivity index (χ2n) is 10.8. The smallest absolute Gasteiger partial charge is 0.271 e. The first-order valence-electron chi connectivity index (χ1n) is 13.6. The van der Waals surface area contributed by atoms with Gasteiger partial charge in [-0.2, -0.15) is 5.10 Å². The van der Waals surface area contributed by atoms with Crippen molar-refractivity contribution in [3.05, 3.63) is 130 Å². The summed E-state index contributed by atoms with van der Waals surface area (Å²) in [6, 6.07) is 30.2. The molecule has 41 heavy (non-hydrogen) atoms. The molecule has 0 aromatic heterocycles. The summed E-state index contributed by atoms with van der Waals surface area (Å²) in [5.74, 6) is -1.91. The lowest BCUT2D eigenvalue weighted by Crippen LogP contribution is -2.54. The number of aryl methyl sites for hydroxylation is 1. The Bertz CT molecular complexity index is 1710. The predicted octanol–water partition coefficient (Wildman–Crippen LogP) is 4.97. The topological polar surface area (TPSA) is 88.1 Å². The molecule has 1 N–H and O–H groups in total. The second-order valence-corrected chi connectivity index (χ2v) is 10.8. The zero-order valence-electron chi connectivity index (χ0n) is 22.6. The molecule has 8 rings (SSSR count). The summed E-state index contributed by atoms with van der Waals surface area (Å²) in [7, 11) is 1.54. The van der Waals surface area contributed by atoms with Crippen molar-refractivity contribution in [1.82, 2.24) is 5.43 Å². The predicted molar refractivity (Wildman–Crippen MR) is 155 cm³/mol. The minimum absolute atomic E-state index is 0.212. The summed E-state index contributed by atoms with van der Waals surface area (Å²) in [5, 5.41) is 4.47. The average Bonchev–Trinajstić information content (AvgIpc) is 3.28. The minimum Gasteiger partial charge on any atom is -0.497 e. The normalized spacial score (nSPS) is 23.8. The number of methoxy groups -OCH3 is 1. The third-order valence-corrected chi connectivity index (χ3v) is 8.74. The molecular weight excluding hydrogens is 514 g/mol. The zero-order chi connectivity index (χ0) is 28.3. The molecule has 0 radical (unpaired) electrons. The Labute approximate surface area is 237 Å². The fraction of sp³-hybridized carbons (Fsp3) is 0.176. The lowest BCUT2D eigenvalue weighted by Gasteiger charge is -2.52. The Morgan fingerprint density at radius 2 is 1.54 bits per heavy atom. The molecule has 4 aliphatic rings. The van der Waals surface area contributed by atoms with Crippen LogP contribution in [0.3, 0.4) is 0 Å². The summed E-state index contributed by atoms with van der Waals surface area (Å²) in [5.41, 5.74) is 7.46. The van der Waals surface area contributed by atoms with Crippen LogP contribution in [0.15, 0.2) is 102 Å². The molecule has 1 aliphatic heterocycles. The van der Waals surface area contributed by atoms with E-state index in [4.69, 9.17) is 4.74 Å². The van der Waals surface area contributed by atoms with Gasteiger partial charge in [0.05, 0.1) is 30.0 Å². The minimum atomic E-state index is -1.06. The fourth-order valence-electron chi connectivity index (χ4n) is 7.02. The van der Waals surface area contributed by atoms with Gasteiger partial charge in [0.15, 0.2) is 0 Å². The van der Waals surface area contributed by atoms with E-state index in [1.54, 1.807) is 37.6 Å². The molecule has 3 aliphatic carbocycles. The number of ether oxygens (including phenoxy) is 1. The van der Waals surface area contributed by atoms with E-state index in [-0.39, 0.29) is 17.7 Å². The number of carbonyl (C=O) groups is 3. The molecule has 2 atom stereocenters. The number of imide groups is 1. The van der Waals surface area contributed by atoms with Gasteiger partial charge in [0.25, 0.3) is 5.91 Å². The van der Waals surface area contributed by atoms with Crippen LogP contribution in [-0.4, -0.2) is 31.0 Å². The number of amides is 3. The van der Waals surface area contributed by atoms with Gasteiger partial charge in [0.2, 0.25) is 11.8 Å². The molecular formula is C34H27N3O4. The lowest BCUT2D eigenvalue weighted by atomic mass is 9.47. The van der Waals surface area contributed by atoms with Gasteiger partial charge >= 0.3 is 0 Å². The van der Waals surface area contributed by atoms with Crippen LogP contribution in [0, 0.1) is 18.8 Å². The van der Waals surface area contributed by atoms with E-state index in [0.29, 0.717) is 17.0 Å². The molecule has 4 aromatic carbocycles. The highest BCUT2D eigenvalue weighted by atomic mass is 16.5. The van der Waals surface area contributed by atoms with Crippen molar-refractivity contribution in [2.45, 2.75) is 18.3 Å². The van der Waals surface area contributed by atoms with Crippen LogP contribution in [0.2, 0.25) is 0 Å². The quantitative estimate of drug-likeness (QED) is 0.220. The molecule has 2 bridgehead atoms. The Balaban J connectivity index is 1.38. The molecule has 1 fully saturated rings. The van der Waals surface area contributed by atoms with Gasteiger partial charge < -0.3 is 4.74 Å². The third-order valence-electron chi connectivity index (χ3n) is 8.74. The van der Waals surface area contributed by atoms with E-state index in [9.17, 15) is 14.4 Å². The third kappa shape index (κ3) is 3.51. The molecule has 0 saturated carbocycles. The summed E-state index contributed by atoms with van der Waals surface area (Å²) in [4.78, 5) is 43.0. The number of hydrogen-bond donors (Lipinski definition) is 1. The van der Waals surface area contributed by atoms with E-state index in [0.717, 1.165) is 27.8 Å². The van der Waals surface area contributed by atoms with Crippen molar-refractivity contribution in [3.8, 4) is 5.75 Å². The number of hydrogen-bond acceptors (Lipinski definition) is 5. The SMILES string of the molecule is COc1cccc(C(=O)NN=CC23c4ccccc4C(c4ccccc42)C2C(=O)N(c4ccc(C)cc4)C(=O)C23)c1. The van der Waals surface area contributed by atoms with Crippen molar-refractivity contribution >= 4 is 29.6 Å². The van der Waals surface area contributed by atoms with Crippen molar-refractivity contribution in [3.63, 3.8) is 0 Å². The van der Waals surface area contributed by atoms with E-state index < -0.39 is 23.2 Å². The van der Waals surface area contributed by atoms with Gasteiger partial charge in [-0.05, 0) is 59.5 Å². The Morgan fingerprint density at radius 1 is 0.878 bits per heavy atom. The van der Waals surface area contributed by atoms with Gasteiger partial charge in [-0.25, -0.2) is 10.3 Å². The van der Waals surface area contributed by atoms with Crippen LogP contribution < -0.4 is 15.1 Å². The van der Waals surface area contributed by atoms with E-state index >= 15 is 0 Å². The highest BCUT2D eigenvalue weighted by Crippen LogP contribution is 2.63. The van der Waals surface area contributed by atoms with Crippen molar-refractivity contribution in [2.75, 3.05) is 12.0 Å². The zero-order valence-corrected chi connectivity index (χ0v) is 22.6. The maximum Gasteiger partial charge on any atom is 0.271 e. The number of benzene rings is 4. The van der Waals surface area contributed by atoms with Gasteiger partial charge in [-0.3, -0.25) is 14.4 Å². The summed E-state index contributed by atoms with van der Waals surface area (Å²) >= 11 is 0. The maximum absolute atomic E-state index is 14.4. The Hall–Kier alpha value is -5.04. The highest BCUT2D eigenvalue weighted by Gasteiger charge is 2.68. The van der Waals surface area contributed by atoms with Crippen molar-refractivity contribution < 1.29 is 19.1 Å². The molecule has 7 heteroatoms. The second kappa shape index (κ2) is 9.27. The lowest BCUT2D eigenvalue weighted by molar-refractivity contribution is -0.122. The first-order valence-corrected chi connectivity index (χ1v) is 13.6. The Kier molecular flexibility index (Phi) is 5.64. The first kappa shape index (κ1) is 25.0. The number of nitrogens with zero attached hydrogens (tertiary/aromatic N) is 2. The first-order chi connectivity index (χ1) is 20.0. The van der Waals surface area contributed by atoms with Crippen molar-refractivity contribution in [1.29, 1.82) is 0 Å². The fourth-order valence-corrected chi connectivity index (χ4v) is 7.02. The number of rotatable bonds is 5. The largest absolute Gasteiger partial charge is 0.497 e. The van der Waals surface area contributed by atoms with Crippen LogP contribution in [0.4, 0.5) is 5.69 Å². The monoisotopic (exact) mass is 541 g/mol. The number of anilines is 1. The molecule has 4 aromatic rings. The van der Waals surface area contributed by atoms with Gasteiger partial charge in [-0.1, -0.05) is 72.3 Å². The summed E-state index contributed by atoms with van der Waals surface area (Å²) in [6.07, 6.45) is 1.67. The molecule has 7 nitrogen and oxygen atoms in total. The molecule has 0 spiro atoms. The van der Waals surface area contributed by atoms with Crippen molar-refractivity contribution in [2.24, 2.45) is 16.9 Å². The molecule has 1 saturated heterocycles. The van der Waals surface area contributed by atoms with Gasteiger partial charge in [-0.15, -0.1) is 0 Å².